The number of methoxy groups -OCH3 is 2. The van der Waals surface area contributed by atoms with Gasteiger partial charge in [-0.2, -0.15) is 0 Å². The van der Waals surface area contributed by atoms with E-state index in [0.29, 0.717) is 4.90 Å². The highest BCUT2D eigenvalue weighted by Crippen LogP contribution is 2.43. The Morgan fingerprint density at radius 3 is 2.91 bits per heavy atom. The van der Waals surface area contributed by atoms with Gasteiger partial charge in [0.1, 0.15) is 0 Å². The summed E-state index contributed by atoms with van der Waals surface area (Å²) in [5, 5.41) is 11.0. The zero-order chi connectivity index (χ0) is 26.3. The Morgan fingerprint density at radius 1 is 1.43 bits per heavy atom. The fourth-order valence-corrected chi connectivity index (χ4v) is 2.92. The van der Waals surface area contributed by atoms with Crippen molar-refractivity contribution in [2.24, 2.45) is 11.8 Å². The van der Waals surface area contributed by atoms with Crippen molar-refractivity contribution >= 4 is 0 Å². The summed E-state index contributed by atoms with van der Waals surface area (Å²) in [5.41, 5.74) is -0.848. The van der Waals surface area contributed by atoms with Crippen LogP contribution in [0.2, 0.25) is 0 Å². The molecule has 1 saturated heterocycles. The molecule has 3 atom stereocenters. The van der Waals surface area contributed by atoms with Gasteiger partial charge >= 0.3 is 0 Å². The first kappa shape index (κ1) is 7.75. The highest BCUT2D eigenvalue weighted by Gasteiger charge is 2.38. The molecule has 1 aromatic carbocycles. The van der Waals surface area contributed by atoms with Crippen molar-refractivity contribution in [3.8, 4) is 11.5 Å². The molecule has 0 saturated carbocycles. The van der Waals surface area contributed by atoms with Crippen LogP contribution < -0.4 is 9.47 Å². The second-order valence-corrected chi connectivity index (χ2v) is 6.13. The summed E-state index contributed by atoms with van der Waals surface area (Å²) < 4.78 is 102. The van der Waals surface area contributed by atoms with E-state index in [1.807, 2.05) is 0 Å². The molecule has 0 radical (unpaired) electrons. The maximum atomic E-state index is 11.0. The average molecular weight is 331 g/mol. The van der Waals surface area contributed by atoms with Gasteiger partial charge in [0.2, 0.25) is 0 Å². The summed E-state index contributed by atoms with van der Waals surface area (Å²) in [5.74, 6) is -2.77. The zero-order valence-corrected chi connectivity index (χ0v) is 13.4. The van der Waals surface area contributed by atoms with Gasteiger partial charge in [0.25, 0.3) is 0 Å². The Labute approximate surface area is 154 Å². The number of hydrogen-bond acceptors (Lipinski definition) is 4. The first-order valence-electron chi connectivity index (χ1n) is 13.0. The lowest BCUT2D eigenvalue weighted by molar-refractivity contribution is -0.0191. The third-order valence-electron chi connectivity index (χ3n) is 3.96. The Bertz CT molecular complexity index is 968. The van der Waals surface area contributed by atoms with Gasteiger partial charge in [-0.25, -0.2) is 0 Å². The van der Waals surface area contributed by atoms with E-state index in [9.17, 15) is 6.48 Å². The molecule has 0 aliphatic carbocycles. The van der Waals surface area contributed by atoms with Crippen LogP contribution in [0.1, 0.15) is 58.9 Å². The number of aliphatic hydroxyl groups is 1. The lowest BCUT2D eigenvalue weighted by Crippen LogP contribution is -2.48. The third-order valence-corrected chi connectivity index (χ3v) is 3.96. The summed E-state index contributed by atoms with van der Waals surface area (Å²) in [6.07, 6.45) is -7.84. The Morgan fingerprint density at radius 2 is 2.22 bits per heavy atom. The van der Waals surface area contributed by atoms with E-state index < -0.39 is 67.7 Å². The third kappa shape index (κ3) is 3.20. The fraction of sp³-hybridized carbons (Fsp3) is 0.684. The maximum Gasteiger partial charge on any atom is 0.161 e. The minimum absolute atomic E-state index is 0.0256. The summed E-state index contributed by atoms with van der Waals surface area (Å²) in [6, 6.07) is -0.768. The molecule has 1 fully saturated rings. The predicted molar refractivity (Wildman–Crippen MR) is 91.1 cm³/mol. The molecule has 2 aliphatic rings. The highest BCUT2D eigenvalue weighted by atomic mass is 16.5. The zero-order valence-electron chi connectivity index (χ0n) is 24.4. The van der Waals surface area contributed by atoms with Crippen molar-refractivity contribution in [3.63, 3.8) is 0 Å². The molecule has 4 nitrogen and oxygen atoms in total. The van der Waals surface area contributed by atoms with Crippen LogP contribution in [0.5, 0.6) is 11.5 Å². The van der Waals surface area contributed by atoms with Crippen molar-refractivity contribution < 1.29 is 29.7 Å². The largest absolute Gasteiger partial charge is 0.493 e. The molecule has 1 aromatic rings. The Hall–Kier alpha value is -1.26. The van der Waals surface area contributed by atoms with E-state index in [1.165, 1.54) is 7.11 Å². The van der Waals surface area contributed by atoms with Crippen molar-refractivity contribution in [2.75, 3.05) is 27.2 Å². The lowest BCUT2D eigenvalue weighted by Gasteiger charge is -2.46. The number of fused-ring (bicyclic) bond motifs is 3. The standard InChI is InChI=1S/C19H29NO3/c1-12(2)7-14-11-20-6-5-13-8-18(22-3)19(23-4)9-15(13)16(20)10-17(14)21/h8-9,12,14,16-17,21H,5-7,10-11H2,1-4H3/i4D3,5D2,6D2,10D2,14D,16D. The second-order valence-electron chi connectivity index (χ2n) is 6.13. The van der Waals surface area contributed by atoms with Crippen LogP contribution in [0.15, 0.2) is 12.1 Å². The van der Waals surface area contributed by atoms with E-state index >= 15 is 0 Å². The van der Waals surface area contributed by atoms with Crippen LogP contribution in [0.4, 0.5) is 0 Å². The molecular formula is C19H29NO3. The van der Waals surface area contributed by atoms with Crippen LogP contribution >= 0.6 is 0 Å². The first-order chi connectivity index (χ1) is 15.2. The molecular weight excluding hydrogens is 290 g/mol. The molecule has 128 valence electrons. The molecule has 2 heterocycles. The Balaban J connectivity index is 2.38. The number of piperidine rings is 1. The highest BCUT2D eigenvalue weighted by molar-refractivity contribution is 5.49. The number of aryl methyl sites for hydroxylation is 1. The number of nitrogens with zero attached hydrogens (tertiary/aromatic N) is 1. The predicted octanol–water partition coefficient (Wildman–Crippen LogP) is 3.03. The van der Waals surface area contributed by atoms with Gasteiger partial charge in [-0.15, -0.1) is 0 Å². The molecule has 3 unspecified atom stereocenters. The monoisotopic (exact) mass is 330 g/mol. The van der Waals surface area contributed by atoms with Crippen molar-refractivity contribution in [3.05, 3.63) is 23.3 Å². The normalized spacial score (nSPS) is 48.0. The Kier molecular flexibility index (Phi) is 2.26. The number of benzene rings is 1. The maximum absolute atomic E-state index is 11.0. The van der Waals surface area contributed by atoms with Gasteiger partial charge in [-0.1, -0.05) is 13.8 Å². The van der Waals surface area contributed by atoms with Crippen LogP contribution in [0.25, 0.3) is 0 Å². The lowest BCUT2D eigenvalue weighted by atomic mass is 9.79. The molecule has 4 heteroatoms. The van der Waals surface area contributed by atoms with Crippen LogP contribution in [-0.2, 0) is 6.37 Å². The smallest absolute Gasteiger partial charge is 0.161 e. The summed E-state index contributed by atoms with van der Waals surface area (Å²) in [4.78, 5) is 0.635. The molecule has 0 spiro atoms. The van der Waals surface area contributed by atoms with Gasteiger partial charge in [0, 0.05) is 28.7 Å². The van der Waals surface area contributed by atoms with Crippen LogP contribution in [0.3, 0.4) is 0 Å². The van der Waals surface area contributed by atoms with E-state index in [2.05, 4.69) is 0 Å². The number of ether oxygens (including phenoxy) is 2. The van der Waals surface area contributed by atoms with E-state index in [1.54, 1.807) is 13.8 Å². The van der Waals surface area contributed by atoms with Gasteiger partial charge in [0.15, 0.2) is 11.5 Å². The number of hydrogen-bond donors (Lipinski definition) is 1. The molecule has 3 rings (SSSR count). The fourth-order valence-electron chi connectivity index (χ4n) is 2.92. The molecule has 23 heavy (non-hydrogen) atoms. The van der Waals surface area contributed by atoms with Gasteiger partial charge in [-0.05, 0) is 54.2 Å². The van der Waals surface area contributed by atoms with Gasteiger partial charge < -0.3 is 14.6 Å². The molecule has 0 bridgehead atoms. The number of rotatable bonds is 4. The molecule has 2 aliphatic heterocycles. The van der Waals surface area contributed by atoms with Crippen molar-refractivity contribution in [2.45, 2.75) is 45.1 Å². The molecule has 0 amide bonds. The van der Waals surface area contributed by atoms with E-state index in [0.717, 1.165) is 12.1 Å². The summed E-state index contributed by atoms with van der Waals surface area (Å²) in [7, 11) is -1.77. The minimum atomic E-state index is -2.98. The van der Waals surface area contributed by atoms with Crippen molar-refractivity contribution in [1.29, 1.82) is 0 Å². The van der Waals surface area contributed by atoms with Gasteiger partial charge in [-0.3, -0.25) is 4.90 Å². The first-order valence-corrected chi connectivity index (χ1v) is 7.54. The minimum Gasteiger partial charge on any atom is -0.493 e. The second kappa shape index (κ2) is 6.70. The van der Waals surface area contributed by atoms with Gasteiger partial charge in [0.05, 0.1) is 25.7 Å². The van der Waals surface area contributed by atoms with E-state index in [4.69, 9.17) is 23.2 Å². The quantitative estimate of drug-likeness (QED) is 0.921. The molecule has 1 N–H and O–H groups in total. The topological polar surface area (TPSA) is 41.9 Å². The summed E-state index contributed by atoms with van der Waals surface area (Å²) in [6.45, 7) is -0.102. The average Bonchev–Trinajstić information content (AvgIpc) is 2.66. The van der Waals surface area contributed by atoms with Crippen LogP contribution in [0, 0.1) is 11.8 Å². The van der Waals surface area contributed by atoms with E-state index in [-0.39, 0.29) is 18.1 Å². The van der Waals surface area contributed by atoms with Crippen LogP contribution in [-0.4, -0.2) is 43.3 Å². The molecule has 0 aromatic heterocycles. The van der Waals surface area contributed by atoms with Crippen molar-refractivity contribution in [1.82, 2.24) is 4.90 Å². The summed E-state index contributed by atoms with van der Waals surface area (Å²) >= 11 is 0. The number of aliphatic hydroxyl groups excluding tert-OH is 1. The SMILES string of the molecule is [2H]C([2H])([2H])Oc1cc2c(cc1OC)C([2H])([2H])C([2H])([2H])N1CC([2H])(CC(C)C)C(O)C([2H])([2H])C21[2H].